The molecule has 25 heavy (non-hydrogen) atoms. The van der Waals surface area contributed by atoms with Crippen molar-refractivity contribution >= 4 is 17.9 Å². The topological polar surface area (TPSA) is 54.0 Å². The molecule has 2 aromatic rings. The monoisotopic (exact) mass is 342 g/mol. The smallest absolute Gasteiger partial charge is 0.168 e. The molecule has 0 saturated heterocycles. The Morgan fingerprint density at radius 3 is 2.00 bits per heavy atom. The Morgan fingerprint density at radius 2 is 1.44 bits per heavy atom. The van der Waals surface area contributed by atoms with Crippen LogP contribution in [-0.4, -0.2) is 34.7 Å². The third-order valence-corrected chi connectivity index (χ3v) is 3.85. The Hall–Kier alpha value is -2.95. The summed E-state index contributed by atoms with van der Waals surface area (Å²) in [5.74, 6) is 2.42. The number of rotatable bonds is 7. The first-order valence-electron chi connectivity index (χ1n) is 7.69. The summed E-state index contributed by atoms with van der Waals surface area (Å²) in [6, 6.07) is 9.09. The Kier molecular flexibility index (Phi) is 6.06. The molecule has 0 amide bonds. The van der Waals surface area contributed by atoms with E-state index in [1.807, 2.05) is 31.2 Å². The molecule has 0 radical (unpaired) electrons. The van der Waals surface area contributed by atoms with Gasteiger partial charge in [-0.2, -0.15) is 0 Å². The fraction of sp³-hybridized carbons (Fsp3) is 0.250. The summed E-state index contributed by atoms with van der Waals surface area (Å²) in [5, 5.41) is 0. The summed E-state index contributed by atoms with van der Waals surface area (Å²) < 4.78 is 21.4. The summed E-state index contributed by atoms with van der Waals surface area (Å²) in [6.07, 6.45) is 2.77. The van der Waals surface area contributed by atoms with Crippen molar-refractivity contribution in [3.63, 3.8) is 0 Å². The molecule has 0 atom stereocenters. The number of carbonyl (C=O) groups excluding carboxylic acids is 1. The molecular weight excluding hydrogens is 320 g/mol. The highest BCUT2D eigenvalue weighted by atomic mass is 16.5. The van der Waals surface area contributed by atoms with Gasteiger partial charge < -0.3 is 18.9 Å². The second-order valence-electron chi connectivity index (χ2n) is 5.36. The molecule has 0 saturated carbocycles. The van der Waals surface area contributed by atoms with Gasteiger partial charge in [-0.05, 0) is 42.3 Å². The van der Waals surface area contributed by atoms with Crippen molar-refractivity contribution in [3.8, 4) is 23.0 Å². The second kappa shape index (κ2) is 8.24. The van der Waals surface area contributed by atoms with Crippen LogP contribution in [0.2, 0.25) is 0 Å². The number of hydrogen-bond donors (Lipinski definition) is 0. The zero-order chi connectivity index (χ0) is 18.4. The van der Waals surface area contributed by atoms with Crippen molar-refractivity contribution in [2.24, 2.45) is 0 Å². The maximum Gasteiger partial charge on any atom is 0.168 e. The van der Waals surface area contributed by atoms with Gasteiger partial charge in [0.2, 0.25) is 0 Å². The summed E-state index contributed by atoms with van der Waals surface area (Å²) in [5.41, 5.74) is 3.17. The minimum absolute atomic E-state index is 0.516. The first kappa shape index (κ1) is 18.4. The van der Waals surface area contributed by atoms with Gasteiger partial charge in [0.05, 0.1) is 28.4 Å². The van der Waals surface area contributed by atoms with Crippen molar-refractivity contribution in [2.45, 2.75) is 6.92 Å². The third-order valence-electron chi connectivity index (χ3n) is 3.85. The highest BCUT2D eigenvalue weighted by molar-refractivity contribution is 5.88. The van der Waals surface area contributed by atoms with E-state index in [2.05, 4.69) is 0 Å². The standard InChI is InChI=1S/C20H22O5/c1-13(8-14-6-7-17(22-2)18(10-14)23-3)16-9-15(12-21)11-19(24-4)20(16)25-5/h6-12H,1-5H3/b13-8+. The molecule has 0 aliphatic heterocycles. The van der Waals surface area contributed by atoms with Crippen molar-refractivity contribution < 1.29 is 23.7 Å². The zero-order valence-corrected chi connectivity index (χ0v) is 15.1. The largest absolute Gasteiger partial charge is 0.493 e. The lowest BCUT2D eigenvalue weighted by Gasteiger charge is -2.14. The molecule has 0 N–H and O–H groups in total. The van der Waals surface area contributed by atoms with Gasteiger partial charge in [0.1, 0.15) is 6.29 Å². The van der Waals surface area contributed by atoms with Gasteiger partial charge in [-0.3, -0.25) is 4.79 Å². The van der Waals surface area contributed by atoms with Crippen LogP contribution in [0.15, 0.2) is 30.3 Å². The molecule has 0 unspecified atom stereocenters. The lowest BCUT2D eigenvalue weighted by atomic mass is 10.00. The molecule has 0 bridgehead atoms. The predicted molar refractivity (Wildman–Crippen MR) is 98.0 cm³/mol. The molecule has 2 aromatic carbocycles. The van der Waals surface area contributed by atoms with Crippen LogP contribution in [0.1, 0.15) is 28.4 Å². The minimum Gasteiger partial charge on any atom is -0.493 e. The Balaban J connectivity index is 2.54. The van der Waals surface area contributed by atoms with Crippen molar-refractivity contribution in [1.29, 1.82) is 0 Å². The number of benzene rings is 2. The molecular formula is C20H22O5. The van der Waals surface area contributed by atoms with Gasteiger partial charge in [0, 0.05) is 11.1 Å². The van der Waals surface area contributed by atoms with Crippen LogP contribution in [0.25, 0.3) is 11.6 Å². The van der Waals surface area contributed by atoms with Gasteiger partial charge in [-0.15, -0.1) is 0 Å². The molecule has 0 aliphatic carbocycles. The van der Waals surface area contributed by atoms with E-state index < -0.39 is 0 Å². The zero-order valence-electron chi connectivity index (χ0n) is 15.1. The molecule has 0 aliphatic rings. The summed E-state index contributed by atoms with van der Waals surface area (Å²) in [6.45, 7) is 1.95. The Labute approximate surface area is 147 Å². The molecule has 5 nitrogen and oxygen atoms in total. The van der Waals surface area contributed by atoms with Crippen LogP contribution in [0.4, 0.5) is 0 Å². The minimum atomic E-state index is 0.516. The van der Waals surface area contributed by atoms with Crippen LogP contribution in [-0.2, 0) is 0 Å². The highest BCUT2D eigenvalue weighted by Gasteiger charge is 2.14. The van der Waals surface area contributed by atoms with Crippen LogP contribution in [0.5, 0.6) is 23.0 Å². The second-order valence-corrected chi connectivity index (χ2v) is 5.36. The molecule has 2 rings (SSSR count). The van der Waals surface area contributed by atoms with Crippen LogP contribution < -0.4 is 18.9 Å². The first-order valence-corrected chi connectivity index (χ1v) is 7.69. The van der Waals surface area contributed by atoms with Gasteiger partial charge in [-0.1, -0.05) is 12.1 Å². The quantitative estimate of drug-likeness (QED) is 0.560. The van der Waals surface area contributed by atoms with E-state index in [0.717, 1.165) is 23.0 Å². The van der Waals surface area contributed by atoms with E-state index in [9.17, 15) is 4.79 Å². The SMILES string of the molecule is COc1ccc(/C=C(\C)c2cc(C=O)cc(OC)c2OC)cc1OC. The summed E-state index contributed by atoms with van der Waals surface area (Å²) in [7, 11) is 6.32. The van der Waals surface area contributed by atoms with Crippen LogP contribution in [0, 0.1) is 0 Å². The maximum absolute atomic E-state index is 11.2. The van der Waals surface area contributed by atoms with Gasteiger partial charge >= 0.3 is 0 Å². The average Bonchev–Trinajstić information content (AvgIpc) is 2.66. The fourth-order valence-electron chi connectivity index (χ4n) is 2.62. The van der Waals surface area contributed by atoms with Crippen LogP contribution in [0.3, 0.4) is 0 Å². The lowest BCUT2D eigenvalue weighted by molar-refractivity contribution is 0.112. The lowest BCUT2D eigenvalue weighted by Crippen LogP contribution is -1.97. The average molecular weight is 342 g/mol. The molecule has 132 valence electrons. The number of ether oxygens (including phenoxy) is 4. The van der Waals surface area contributed by atoms with E-state index in [1.165, 1.54) is 0 Å². The van der Waals surface area contributed by atoms with Crippen molar-refractivity contribution in [1.82, 2.24) is 0 Å². The highest BCUT2D eigenvalue weighted by Crippen LogP contribution is 2.37. The van der Waals surface area contributed by atoms with Crippen molar-refractivity contribution in [3.05, 3.63) is 47.0 Å². The molecule has 0 fully saturated rings. The molecule has 5 heteroatoms. The van der Waals surface area contributed by atoms with E-state index in [0.29, 0.717) is 28.6 Å². The summed E-state index contributed by atoms with van der Waals surface area (Å²) >= 11 is 0. The fourth-order valence-corrected chi connectivity index (χ4v) is 2.62. The van der Waals surface area contributed by atoms with Gasteiger partial charge in [0.25, 0.3) is 0 Å². The number of methoxy groups -OCH3 is 4. The Morgan fingerprint density at radius 1 is 0.800 bits per heavy atom. The normalized spacial score (nSPS) is 11.0. The maximum atomic E-state index is 11.2. The predicted octanol–water partition coefficient (Wildman–Crippen LogP) is 4.09. The van der Waals surface area contributed by atoms with E-state index in [-0.39, 0.29) is 0 Å². The van der Waals surface area contributed by atoms with E-state index >= 15 is 0 Å². The summed E-state index contributed by atoms with van der Waals surface area (Å²) in [4.78, 5) is 11.2. The molecule has 0 aromatic heterocycles. The van der Waals surface area contributed by atoms with Gasteiger partial charge in [-0.25, -0.2) is 0 Å². The number of carbonyl (C=O) groups is 1. The molecule has 0 spiro atoms. The number of aldehydes is 1. The number of hydrogen-bond acceptors (Lipinski definition) is 5. The van der Waals surface area contributed by atoms with Crippen molar-refractivity contribution in [2.75, 3.05) is 28.4 Å². The first-order chi connectivity index (χ1) is 12.1. The van der Waals surface area contributed by atoms with Gasteiger partial charge in [0.15, 0.2) is 23.0 Å². The molecule has 0 heterocycles. The Bertz CT molecular complexity index is 793. The van der Waals surface area contributed by atoms with E-state index in [4.69, 9.17) is 18.9 Å². The third kappa shape index (κ3) is 3.94. The number of allylic oxidation sites excluding steroid dienone is 1. The van der Waals surface area contributed by atoms with E-state index in [1.54, 1.807) is 40.6 Å². The van der Waals surface area contributed by atoms with Crippen LogP contribution >= 0.6 is 0 Å².